The number of nitrogens with one attached hydrogen (secondary N) is 3. The van der Waals surface area contributed by atoms with Crippen LogP contribution >= 0.6 is 0 Å². The fraction of sp³-hybridized carbons (Fsp3) is 0.368. The van der Waals surface area contributed by atoms with Gasteiger partial charge in [-0.3, -0.25) is 9.89 Å². The molecular formula is C19H22N4O2. The van der Waals surface area contributed by atoms with Crippen molar-refractivity contribution in [3.8, 4) is 0 Å². The van der Waals surface area contributed by atoms with Crippen LogP contribution in [0.1, 0.15) is 40.2 Å². The number of carbonyl (C=O) groups is 1. The Morgan fingerprint density at radius 1 is 1.28 bits per heavy atom. The SMILES string of the molecule is O=C(N[C@@H](CO)Cc1c[nH]c2ccccc12)c1n[nH]c2c1CCCC2. The number of aliphatic hydroxyl groups excluding tert-OH is 1. The van der Waals surface area contributed by atoms with Crippen LogP contribution in [0, 0.1) is 0 Å². The average molecular weight is 338 g/mol. The third-order valence-corrected chi connectivity index (χ3v) is 4.97. The van der Waals surface area contributed by atoms with Gasteiger partial charge in [-0.05, 0) is 43.7 Å². The number of nitrogens with zero attached hydrogens (tertiary/aromatic N) is 1. The van der Waals surface area contributed by atoms with Gasteiger partial charge in [0.2, 0.25) is 0 Å². The Hall–Kier alpha value is -2.60. The van der Waals surface area contributed by atoms with Gasteiger partial charge in [0.05, 0.1) is 12.6 Å². The molecule has 0 saturated carbocycles. The van der Waals surface area contributed by atoms with Crippen molar-refractivity contribution in [2.75, 3.05) is 6.61 Å². The van der Waals surface area contributed by atoms with Gasteiger partial charge in [0.15, 0.2) is 5.69 Å². The number of H-pyrrole nitrogens is 2. The number of aryl methyl sites for hydroxylation is 1. The van der Waals surface area contributed by atoms with Gasteiger partial charge in [-0.1, -0.05) is 18.2 Å². The van der Waals surface area contributed by atoms with Crippen LogP contribution in [-0.2, 0) is 19.3 Å². The summed E-state index contributed by atoms with van der Waals surface area (Å²) in [5.74, 6) is -0.210. The van der Waals surface area contributed by atoms with Gasteiger partial charge in [-0.25, -0.2) is 0 Å². The molecule has 3 aromatic rings. The Morgan fingerprint density at radius 3 is 3.00 bits per heavy atom. The zero-order valence-electron chi connectivity index (χ0n) is 14.0. The summed E-state index contributed by atoms with van der Waals surface area (Å²) in [5, 5.41) is 21.0. The van der Waals surface area contributed by atoms with E-state index in [9.17, 15) is 9.90 Å². The van der Waals surface area contributed by atoms with Crippen molar-refractivity contribution in [3.63, 3.8) is 0 Å². The number of hydrogen-bond acceptors (Lipinski definition) is 3. The lowest BCUT2D eigenvalue weighted by molar-refractivity contribution is 0.0910. The molecule has 0 radical (unpaired) electrons. The van der Waals surface area contributed by atoms with Crippen molar-refractivity contribution < 1.29 is 9.90 Å². The molecule has 1 aliphatic carbocycles. The Kier molecular flexibility index (Phi) is 4.28. The molecule has 1 aliphatic rings. The summed E-state index contributed by atoms with van der Waals surface area (Å²) in [6.07, 6.45) is 6.58. The van der Waals surface area contributed by atoms with Crippen molar-refractivity contribution in [2.45, 2.75) is 38.1 Å². The van der Waals surface area contributed by atoms with E-state index in [0.717, 1.165) is 53.4 Å². The number of para-hydroxylation sites is 1. The first-order chi connectivity index (χ1) is 12.3. The molecule has 130 valence electrons. The first kappa shape index (κ1) is 15.9. The molecule has 1 atom stereocenters. The molecular weight excluding hydrogens is 316 g/mol. The number of aromatic nitrogens is 3. The van der Waals surface area contributed by atoms with E-state index in [1.54, 1.807) is 0 Å². The highest BCUT2D eigenvalue weighted by molar-refractivity contribution is 5.94. The molecule has 2 heterocycles. The van der Waals surface area contributed by atoms with Gasteiger partial charge in [-0.2, -0.15) is 5.10 Å². The molecule has 4 rings (SSSR count). The standard InChI is InChI=1S/C19H22N4O2/c24-11-13(9-12-10-20-16-7-3-1-5-14(12)16)21-19(25)18-15-6-2-4-8-17(15)22-23-18/h1,3,5,7,10,13,20,24H,2,4,6,8-9,11H2,(H,21,25)(H,22,23)/t13-/m1/s1. The van der Waals surface area contributed by atoms with Crippen molar-refractivity contribution in [2.24, 2.45) is 0 Å². The van der Waals surface area contributed by atoms with Gasteiger partial charge < -0.3 is 15.4 Å². The molecule has 0 spiro atoms. The molecule has 1 aromatic carbocycles. The second-order valence-corrected chi connectivity index (χ2v) is 6.65. The fourth-order valence-corrected chi connectivity index (χ4v) is 3.65. The minimum atomic E-state index is -0.345. The Labute approximate surface area is 145 Å². The Bertz CT molecular complexity index is 896. The topological polar surface area (TPSA) is 93.8 Å². The number of aliphatic hydroxyl groups is 1. The van der Waals surface area contributed by atoms with E-state index in [1.165, 1.54) is 0 Å². The van der Waals surface area contributed by atoms with Crippen LogP contribution < -0.4 is 5.32 Å². The molecule has 0 bridgehead atoms. The highest BCUT2D eigenvalue weighted by Crippen LogP contribution is 2.23. The third-order valence-electron chi connectivity index (χ3n) is 4.97. The van der Waals surface area contributed by atoms with E-state index < -0.39 is 0 Å². The van der Waals surface area contributed by atoms with E-state index in [2.05, 4.69) is 20.5 Å². The number of aromatic amines is 2. The molecule has 0 saturated heterocycles. The van der Waals surface area contributed by atoms with Gasteiger partial charge >= 0.3 is 0 Å². The van der Waals surface area contributed by atoms with Crippen LogP contribution in [0.5, 0.6) is 0 Å². The lowest BCUT2D eigenvalue weighted by Gasteiger charge is -2.16. The largest absolute Gasteiger partial charge is 0.394 e. The summed E-state index contributed by atoms with van der Waals surface area (Å²) in [6, 6.07) is 7.68. The fourth-order valence-electron chi connectivity index (χ4n) is 3.65. The summed E-state index contributed by atoms with van der Waals surface area (Å²) in [4.78, 5) is 15.9. The summed E-state index contributed by atoms with van der Waals surface area (Å²) < 4.78 is 0. The molecule has 1 amide bonds. The van der Waals surface area contributed by atoms with E-state index in [0.29, 0.717) is 12.1 Å². The predicted molar refractivity (Wildman–Crippen MR) is 95.6 cm³/mol. The molecule has 4 N–H and O–H groups in total. The zero-order chi connectivity index (χ0) is 17.2. The molecule has 2 aromatic heterocycles. The van der Waals surface area contributed by atoms with Crippen LogP contribution in [0.3, 0.4) is 0 Å². The number of benzene rings is 1. The maximum Gasteiger partial charge on any atom is 0.272 e. The van der Waals surface area contributed by atoms with Gasteiger partial charge in [0.25, 0.3) is 5.91 Å². The van der Waals surface area contributed by atoms with Gasteiger partial charge in [0.1, 0.15) is 0 Å². The quantitative estimate of drug-likeness (QED) is 0.574. The van der Waals surface area contributed by atoms with Crippen LogP contribution in [-0.4, -0.2) is 38.8 Å². The maximum atomic E-state index is 12.6. The zero-order valence-corrected chi connectivity index (χ0v) is 14.0. The first-order valence-corrected chi connectivity index (χ1v) is 8.79. The van der Waals surface area contributed by atoms with E-state index in [-0.39, 0.29) is 18.6 Å². The van der Waals surface area contributed by atoms with Crippen molar-refractivity contribution >= 4 is 16.8 Å². The third kappa shape index (κ3) is 3.05. The van der Waals surface area contributed by atoms with Crippen molar-refractivity contribution in [1.82, 2.24) is 20.5 Å². The van der Waals surface area contributed by atoms with Crippen LogP contribution in [0.4, 0.5) is 0 Å². The van der Waals surface area contributed by atoms with Gasteiger partial charge in [-0.15, -0.1) is 0 Å². The molecule has 6 nitrogen and oxygen atoms in total. The second kappa shape index (κ2) is 6.72. The summed E-state index contributed by atoms with van der Waals surface area (Å²) in [6.45, 7) is -0.113. The highest BCUT2D eigenvalue weighted by atomic mass is 16.3. The summed E-state index contributed by atoms with van der Waals surface area (Å²) in [7, 11) is 0. The number of hydrogen-bond donors (Lipinski definition) is 4. The Balaban J connectivity index is 1.50. The van der Waals surface area contributed by atoms with E-state index in [1.807, 2.05) is 30.5 Å². The smallest absolute Gasteiger partial charge is 0.272 e. The minimum Gasteiger partial charge on any atom is -0.394 e. The monoisotopic (exact) mass is 338 g/mol. The summed E-state index contributed by atoms with van der Waals surface area (Å²) >= 11 is 0. The number of amides is 1. The lowest BCUT2D eigenvalue weighted by atomic mass is 9.95. The number of fused-ring (bicyclic) bond motifs is 2. The van der Waals surface area contributed by atoms with E-state index >= 15 is 0 Å². The van der Waals surface area contributed by atoms with E-state index in [4.69, 9.17) is 0 Å². The number of carbonyl (C=O) groups excluding carboxylic acids is 1. The minimum absolute atomic E-state index is 0.113. The Morgan fingerprint density at radius 2 is 2.12 bits per heavy atom. The number of rotatable bonds is 5. The average Bonchev–Trinajstić information content (AvgIpc) is 3.25. The summed E-state index contributed by atoms with van der Waals surface area (Å²) in [5.41, 5.74) is 4.73. The van der Waals surface area contributed by atoms with Crippen molar-refractivity contribution in [3.05, 3.63) is 53.0 Å². The molecule has 6 heteroatoms. The van der Waals surface area contributed by atoms with Crippen LogP contribution in [0.2, 0.25) is 0 Å². The van der Waals surface area contributed by atoms with Crippen LogP contribution in [0.15, 0.2) is 30.5 Å². The molecule has 0 unspecified atom stereocenters. The second-order valence-electron chi connectivity index (χ2n) is 6.65. The molecule has 25 heavy (non-hydrogen) atoms. The maximum absolute atomic E-state index is 12.6. The normalized spacial score (nSPS) is 15.1. The molecule has 0 fully saturated rings. The van der Waals surface area contributed by atoms with Crippen molar-refractivity contribution in [1.29, 1.82) is 0 Å². The van der Waals surface area contributed by atoms with Crippen LogP contribution in [0.25, 0.3) is 10.9 Å². The lowest BCUT2D eigenvalue weighted by Crippen LogP contribution is -2.39. The molecule has 0 aliphatic heterocycles. The first-order valence-electron chi connectivity index (χ1n) is 8.79. The predicted octanol–water partition coefficient (Wildman–Crippen LogP) is 2.10. The van der Waals surface area contributed by atoms with Gasteiger partial charge in [0, 0.05) is 28.4 Å². The highest BCUT2D eigenvalue weighted by Gasteiger charge is 2.23.